The molecule has 1 atom stereocenters. The van der Waals surface area contributed by atoms with Crippen molar-refractivity contribution in [1.29, 1.82) is 0 Å². The predicted octanol–water partition coefficient (Wildman–Crippen LogP) is 7.40. The first kappa shape index (κ1) is 19.6. The van der Waals surface area contributed by atoms with Gasteiger partial charge in [0.2, 0.25) is 0 Å². The van der Waals surface area contributed by atoms with E-state index < -0.39 is 11.6 Å². The summed E-state index contributed by atoms with van der Waals surface area (Å²) in [5, 5.41) is 0. The molecule has 0 aromatic heterocycles. The third kappa shape index (κ3) is 4.58. The highest BCUT2D eigenvalue weighted by molar-refractivity contribution is 5.72. The van der Waals surface area contributed by atoms with E-state index in [4.69, 9.17) is 4.74 Å². The van der Waals surface area contributed by atoms with Gasteiger partial charge in [-0.2, -0.15) is 0 Å². The van der Waals surface area contributed by atoms with Crippen LogP contribution >= 0.6 is 0 Å². The summed E-state index contributed by atoms with van der Waals surface area (Å²) in [6.45, 7) is 4.88. The van der Waals surface area contributed by atoms with Gasteiger partial charge in [-0.15, -0.1) is 0 Å². The van der Waals surface area contributed by atoms with Gasteiger partial charge in [-0.05, 0) is 54.9 Å². The molecule has 0 fully saturated rings. The van der Waals surface area contributed by atoms with Gasteiger partial charge in [0.05, 0.1) is 6.61 Å². The molecule has 0 bridgehead atoms. The second kappa shape index (κ2) is 9.16. The Hall–Kier alpha value is -2.16. The summed E-state index contributed by atoms with van der Waals surface area (Å²) in [7, 11) is 0. The Morgan fingerprint density at radius 3 is 2.26 bits per heavy atom. The Bertz CT molecular complexity index is 793. The average Bonchev–Trinajstić information content (AvgIpc) is 2.70. The summed E-state index contributed by atoms with van der Waals surface area (Å²) in [6.07, 6.45) is 8.25. The molecule has 2 aromatic rings. The average molecular weight is 370 g/mol. The largest absolute Gasteiger partial charge is 0.494 e. The summed E-state index contributed by atoms with van der Waals surface area (Å²) in [4.78, 5) is 0. The van der Waals surface area contributed by atoms with E-state index in [0.717, 1.165) is 37.0 Å². The van der Waals surface area contributed by atoms with Gasteiger partial charge in [-0.25, -0.2) is 8.78 Å². The van der Waals surface area contributed by atoms with Gasteiger partial charge < -0.3 is 4.74 Å². The molecule has 0 aliphatic heterocycles. The minimum atomic E-state index is -0.772. The van der Waals surface area contributed by atoms with Crippen LogP contribution in [0.2, 0.25) is 0 Å². The number of rotatable bonds is 7. The molecular weight excluding hydrogens is 342 g/mol. The standard InChI is InChI=1S/C24H28F2O/c1-3-5-17-6-8-18(9-7-17)21-14-15-22(24(26)23(21)25)19-10-12-20(13-11-19)27-16-4-2/h8,10-15,17H,3-7,9,16H2,1-2H3. The maximum Gasteiger partial charge on any atom is 0.167 e. The number of hydrogen-bond acceptors (Lipinski definition) is 1. The van der Waals surface area contributed by atoms with Crippen molar-refractivity contribution in [2.75, 3.05) is 6.61 Å². The van der Waals surface area contributed by atoms with Crippen LogP contribution in [0, 0.1) is 17.6 Å². The number of hydrogen-bond donors (Lipinski definition) is 0. The molecule has 3 heteroatoms. The van der Waals surface area contributed by atoms with Gasteiger partial charge in [-0.3, -0.25) is 0 Å². The highest BCUT2D eigenvalue weighted by Gasteiger charge is 2.20. The molecule has 1 unspecified atom stereocenters. The normalized spacial score (nSPS) is 16.9. The number of allylic oxidation sites excluding steroid dienone is 2. The van der Waals surface area contributed by atoms with Crippen LogP contribution in [0.1, 0.15) is 57.9 Å². The monoisotopic (exact) mass is 370 g/mol. The molecule has 0 saturated heterocycles. The van der Waals surface area contributed by atoms with Gasteiger partial charge in [0, 0.05) is 11.1 Å². The van der Waals surface area contributed by atoms with Crippen molar-refractivity contribution in [3.05, 3.63) is 59.7 Å². The van der Waals surface area contributed by atoms with Gasteiger partial charge in [0.15, 0.2) is 11.6 Å². The lowest BCUT2D eigenvalue weighted by Crippen LogP contribution is -2.06. The quantitative estimate of drug-likeness (QED) is 0.493. The zero-order valence-electron chi connectivity index (χ0n) is 16.2. The Labute approximate surface area is 161 Å². The van der Waals surface area contributed by atoms with E-state index in [1.807, 2.05) is 6.92 Å². The fraction of sp³-hybridized carbons (Fsp3) is 0.417. The van der Waals surface area contributed by atoms with E-state index in [1.165, 1.54) is 12.8 Å². The van der Waals surface area contributed by atoms with E-state index in [-0.39, 0.29) is 0 Å². The van der Waals surface area contributed by atoms with Crippen molar-refractivity contribution >= 4 is 5.57 Å². The molecule has 1 nitrogen and oxygen atoms in total. The van der Waals surface area contributed by atoms with E-state index in [0.29, 0.717) is 29.2 Å². The summed E-state index contributed by atoms with van der Waals surface area (Å²) < 4.78 is 35.1. The molecule has 27 heavy (non-hydrogen) atoms. The third-order valence-corrected chi connectivity index (χ3v) is 5.28. The fourth-order valence-electron chi connectivity index (χ4n) is 3.77. The molecule has 0 amide bonds. The lowest BCUT2D eigenvalue weighted by Gasteiger charge is -2.22. The third-order valence-electron chi connectivity index (χ3n) is 5.28. The van der Waals surface area contributed by atoms with Crippen molar-refractivity contribution in [1.82, 2.24) is 0 Å². The van der Waals surface area contributed by atoms with Crippen LogP contribution < -0.4 is 4.74 Å². The zero-order valence-corrected chi connectivity index (χ0v) is 16.2. The highest BCUT2D eigenvalue weighted by Crippen LogP contribution is 2.36. The highest BCUT2D eigenvalue weighted by atomic mass is 19.2. The molecule has 0 spiro atoms. The van der Waals surface area contributed by atoms with Crippen molar-refractivity contribution < 1.29 is 13.5 Å². The van der Waals surface area contributed by atoms with Gasteiger partial charge in [0.1, 0.15) is 5.75 Å². The maximum atomic E-state index is 14.8. The molecule has 2 aromatic carbocycles. The predicted molar refractivity (Wildman–Crippen MR) is 108 cm³/mol. The molecular formula is C24H28F2O. The summed E-state index contributed by atoms with van der Waals surface area (Å²) in [5.41, 5.74) is 2.30. The first-order chi connectivity index (χ1) is 13.1. The zero-order chi connectivity index (χ0) is 19.2. The molecule has 0 radical (unpaired) electrons. The molecule has 3 rings (SSSR count). The second-order valence-electron chi connectivity index (χ2n) is 7.32. The fourth-order valence-corrected chi connectivity index (χ4v) is 3.77. The van der Waals surface area contributed by atoms with Gasteiger partial charge >= 0.3 is 0 Å². The molecule has 1 aliphatic carbocycles. The molecule has 0 saturated carbocycles. The van der Waals surface area contributed by atoms with E-state index >= 15 is 0 Å². The van der Waals surface area contributed by atoms with Gasteiger partial charge in [0.25, 0.3) is 0 Å². The SMILES string of the molecule is CCCOc1ccc(-c2ccc(C3=CCC(CCC)CC3)c(F)c2F)cc1. The summed E-state index contributed by atoms with van der Waals surface area (Å²) >= 11 is 0. The Morgan fingerprint density at radius 2 is 1.63 bits per heavy atom. The Morgan fingerprint density at radius 1 is 0.926 bits per heavy atom. The van der Waals surface area contributed by atoms with Crippen molar-refractivity contribution in [2.24, 2.45) is 5.92 Å². The van der Waals surface area contributed by atoms with Crippen LogP contribution in [0.15, 0.2) is 42.5 Å². The molecule has 1 aliphatic rings. The van der Waals surface area contributed by atoms with Gasteiger partial charge in [-0.1, -0.05) is 57.0 Å². The number of benzene rings is 2. The van der Waals surface area contributed by atoms with Crippen LogP contribution in [-0.2, 0) is 0 Å². The minimum absolute atomic E-state index is 0.290. The Kier molecular flexibility index (Phi) is 6.65. The van der Waals surface area contributed by atoms with Crippen molar-refractivity contribution in [3.63, 3.8) is 0 Å². The van der Waals surface area contributed by atoms with Crippen LogP contribution in [0.3, 0.4) is 0 Å². The lowest BCUT2D eigenvalue weighted by molar-refractivity contribution is 0.317. The maximum absolute atomic E-state index is 14.8. The first-order valence-electron chi connectivity index (χ1n) is 10.0. The topological polar surface area (TPSA) is 9.23 Å². The lowest BCUT2D eigenvalue weighted by atomic mass is 9.84. The molecule has 144 valence electrons. The first-order valence-corrected chi connectivity index (χ1v) is 10.0. The Balaban J connectivity index is 1.81. The minimum Gasteiger partial charge on any atom is -0.494 e. The number of ether oxygens (including phenoxy) is 1. The van der Waals surface area contributed by atoms with Crippen LogP contribution in [0.5, 0.6) is 5.75 Å². The smallest absolute Gasteiger partial charge is 0.167 e. The molecule has 0 heterocycles. The van der Waals surface area contributed by atoms with E-state index in [2.05, 4.69) is 13.0 Å². The van der Waals surface area contributed by atoms with Crippen LogP contribution in [0.4, 0.5) is 8.78 Å². The summed E-state index contributed by atoms with van der Waals surface area (Å²) in [6, 6.07) is 10.6. The second-order valence-corrected chi connectivity index (χ2v) is 7.32. The summed E-state index contributed by atoms with van der Waals surface area (Å²) in [5.74, 6) is -0.0863. The van der Waals surface area contributed by atoms with E-state index in [9.17, 15) is 8.78 Å². The number of halogens is 2. The van der Waals surface area contributed by atoms with Crippen LogP contribution in [0.25, 0.3) is 16.7 Å². The van der Waals surface area contributed by atoms with Crippen molar-refractivity contribution in [3.8, 4) is 16.9 Å². The van der Waals surface area contributed by atoms with Crippen LogP contribution in [-0.4, -0.2) is 6.61 Å². The molecule has 0 N–H and O–H groups in total. The van der Waals surface area contributed by atoms with E-state index in [1.54, 1.807) is 36.4 Å². The van der Waals surface area contributed by atoms with Crippen molar-refractivity contribution in [2.45, 2.75) is 52.4 Å².